The van der Waals surface area contributed by atoms with Crippen LogP contribution in [0.15, 0.2) is 170 Å². The number of rotatable bonds is 4. The molecule has 0 saturated heterocycles. The maximum Gasteiger partial charge on any atom is 0.160 e. The van der Waals surface area contributed by atoms with Crippen molar-refractivity contribution < 1.29 is 0 Å². The van der Waals surface area contributed by atoms with Gasteiger partial charge in [0.25, 0.3) is 0 Å². The minimum atomic E-state index is -0.422. The third-order valence-corrected chi connectivity index (χ3v) is 13.4. The maximum atomic E-state index is 5.48. The van der Waals surface area contributed by atoms with Gasteiger partial charge < -0.3 is 0 Å². The van der Waals surface area contributed by atoms with E-state index in [9.17, 15) is 0 Å². The van der Waals surface area contributed by atoms with E-state index >= 15 is 0 Å². The van der Waals surface area contributed by atoms with Crippen LogP contribution in [0.1, 0.15) is 73.9 Å². The summed E-state index contributed by atoms with van der Waals surface area (Å²) in [4.78, 5) is 10.9. The van der Waals surface area contributed by atoms with E-state index in [-0.39, 0.29) is 10.8 Å². The van der Waals surface area contributed by atoms with Crippen LogP contribution in [0.25, 0.3) is 67.3 Å². The van der Waals surface area contributed by atoms with E-state index in [2.05, 4.69) is 198 Å². The molecule has 3 aliphatic rings. The Morgan fingerprint density at radius 1 is 0.333 bits per heavy atom. The zero-order chi connectivity index (χ0) is 38.5. The van der Waals surface area contributed by atoms with Gasteiger partial charge in [-0.1, -0.05) is 173 Å². The van der Waals surface area contributed by atoms with Gasteiger partial charge in [-0.25, -0.2) is 9.97 Å². The second-order valence-corrected chi connectivity index (χ2v) is 17.6. The molecule has 0 N–H and O–H groups in total. The van der Waals surface area contributed by atoms with E-state index in [0.717, 1.165) is 40.3 Å². The van der Waals surface area contributed by atoms with Crippen molar-refractivity contribution in [2.75, 3.05) is 0 Å². The molecule has 0 amide bonds. The molecule has 1 heterocycles. The Morgan fingerprint density at radius 2 is 0.807 bits per heavy atom. The van der Waals surface area contributed by atoms with Crippen LogP contribution >= 0.6 is 0 Å². The molecule has 11 rings (SSSR count). The SMILES string of the molecule is CC1(C)CCC(C)(C)c2cc(-c3nc(-c4cccc(-c5ccccc5)c4)cc(-c4ccc5c(c4)C4(c6ccccc6-c6ccccc64)c4ccccc4-5)n3)ccc21. The lowest BCUT2D eigenvalue weighted by atomic mass is 9.63. The Balaban J connectivity index is 1.14. The first kappa shape index (κ1) is 33.9. The van der Waals surface area contributed by atoms with Crippen LogP contribution in [0.5, 0.6) is 0 Å². The highest BCUT2D eigenvalue weighted by Crippen LogP contribution is 2.63. The number of fused-ring (bicyclic) bond motifs is 11. The second-order valence-electron chi connectivity index (χ2n) is 17.6. The summed E-state index contributed by atoms with van der Waals surface area (Å²) in [7, 11) is 0. The average molecular weight is 733 g/mol. The molecular weight excluding hydrogens is 689 g/mol. The average Bonchev–Trinajstić information content (AvgIpc) is 3.72. The van der Waals surface area contributed by atoms with Gasteiger partial charge in [-0.05, 0) is 115 Å². The first-order valence-electron chi connectivity index (χ1n) is 20.4. The summed E-state index contributed by atoms with van der Waals surface area (Å²) in [5.74, 6) is 0.754. The standard InChI is InChI=1S/C55H44N2/c1-53(2)29-30-54(3,4)49-33-39(26-28-47(49)53)52-56-50(37-18-14-17-36(31-37)35-15-6-5-7-16-35)34-51(57-52)38-25-27-43-42-21-10-13-24-46(42)55(48(43)32-38)44-22-11-8-19-40(44)41-20-9-12-23-45(41)55/h5-28,31-34H,29-30H2,1-4H3. The fourth-order valence-electron chi connectivity index (χ4n) is 10.3. The zero-order valence-electron chi connectivity index (χ0n) is 33.0. The molecule has 0 radical (unpaired) electrons. The summed E-state index contributed by atoms with van der Waals surface area (Å²) < 4.78 is 0. The molecule has 1 spiro atoms. The van der Waals surface area contributed by atoms with Crippen molar-refractivity contribution in [3.05, 3.63) is 203 Å². The summed E-state index contributed by atoms with van der Waals surface area (Å²) in [6, 6.07) is 62.7. The van der Waals surface area contributed by atoms with Gasteiger partial charge in [0, 0.05) is 16.7 Å². The lowest BCUT2D eigenvalue weighted by Gasteiger charge is -2.42. The van der Waals surface area contributed by atoms with Gasteiger partial charge in [0.15, 0.2) is 5.82 Å². The molecule has 0 fully saturated rings. The number of hydrogen-bond acceptors (Lipinski definition) is 2. The molecule has 8 aromatic rings. The summed E-state index contributed by atoms with van der Waals surface area (Å²) in [6.07, 6.45) is 2.33. The van der Waals surface area contributed by atoms with Crippen molar-refractivity contribution in [1.82, 2.24) is 9.97 Å². The molecule has 0 unspecified atom stereocenters. The predicted octanol–water partition coefficient (Wildman–Crippen LogP) is 13.8. The van der Waals surface area contributed by atoms with Crippen molar-refractivity contribution in [2.45, 2.75) is 56.8 Å². The highest BCUT2D eigenvalue weighted by Gasteiger charge is 2.51. The molecule has 3 aliphatic carbocycles. The smallest absolute Gasteiger partial charge is 0.160 e. The molecule has 1 aromatic heterocycles. The molecule has 0 aliphatic heterocycles. The van der Waals surface area contributed by atoms with Crippen LogP contribution in [0.4, 0.5) is 0 Å². The number of aromatic nitrogens is 2. The first-order chi connectivity index (χ1) is 27.7. The molecule has 57 heavy (non-hydrogen) atoms. The van der Waals surface area contributed by atoms with Crippen LogP contribution in [-0.4, -0.2) is 9.97 Å². The topological polar surface area (TPSA) is 25.8 Å². The Labute approximate surface area is 336 Å². The molecule has 0 saturated carbocycles. The molecule has 2 heteroatoms. The van der Waals surface area contributed by atoms with Crippen LogP contribution in [0.2, 0.25) is 0 Å². The second kappa shape index (κ2) is 12.3. The van der Waals surface area contributed by atoms with Gasteiger partial charge in [-0.15, -0.1) is 0 Å². The van der Waals surface area contributed by atoms with E-state index in [1.54, 1.807) is 0 Å². The van der Waals surface area contributed by atoms with Crippen LogP contribution in [-0.2, 0) is 16.2 Å². The monoisotopic (exact) mass is 732 g/mol. The Morgan fingerprint density at radius 3 is 1.44 bits per heavy atom. The third-order valence-electron chi connectivity index (χ3n) is 13.4. The normalized spacial score (nSPS) is 16.0. The largest absolute Gasteiger partial charge is 0.228 e. The number of benzene rings is 7. The van der Waals surface area contributed by atoms with Gasteiger partial charge in [0.2, 0.25) is 0 Å². The lowest BCUT2D eigenvalue weighted by molar-refractivity contribution is 0.332. The van der Waals surface area contributed by atoms with Crippen molar-refractivity contribution >= 4 is 0 Å². The van der Waals surface area contributed by atoms with Gasteiger partial charge in [0.1, 0.15) is 0 Å². The van der Waals surface area contributed by atoms with Gasteiger partial charge in [-0.3, -0.25) is 0 Å². The van der Waals surface area contributed by atoms with Gasteiger partial charge in [0.05, 0.1) is 16.8 Å². The summed E-state index contributed by atoms with van der Waals surface area (Å²) in [5.41, 5.74) is 20.6. The third kappa shape index (κ3) is 5.03. The van der Waals surface area contributed by atoms with Crippen LogP contribution < -0.4 is 0 Å². The Kier molecular flexibility index (Phi) is 7.32. The van der Waals surface area contributed by atoms with E-state index in [4.69, 9.17) is 9.97 Å². The van der Waals surface area contributed by atoms with E-state index in [1.807, 2.05) is 0 Å². The number of hydrogen-bond donors (Lipinski definition) is 0. The molecule has 274 valence electrons. The Hall–Kier alpha value is -6.38. The minimum Gasteiger partial charge on any atom is -0.228 e. The lowest BCUT2D eigenvalue weighted by Crippen LogP contribution is -2.33. The predicted molar refractivity (Wildman–Crippen MR) is 235 cm³/mol. The van der Waals surface area contributed by atoms with E-state index < -0.39 is 5.41 Å². The summed E-state index contributed by atoms with van der Waals surface area (Å²) in [5, 5.41) is 0. The number of nitrogens with zero attached hydrogens (tertiary/aromatic N) is 2. The van der Waals surface area contributed by atoms with Crippen LogP contribution in [0, 0.1) is 0 Å². The fourth-order valence-corrected chi connectivity index (χ4v) is 10.3. The fraction of sp³-hybridized carbons (Fsp3) is 0.164. The Bertz CT molecular complexity index is 2850. The van der Waals surface area contributed by atoms with E-state index in [0.29, 0.717) is 0 Å². The summed E-state index contributed by atoms with van der Waals surface area (Å²) in [6.45, 7) is 9.55. The highest BCUT2D eigenvalue weighted by atomic mass is 14.9. The van der Waals surface area contributed by atoms with Crippen molar-refractivity contribution in [1.29, 1.82) is 0 Å². The molecule has 2 nitrogen and oxygen atoms in total. The van der Waals surface area contributed by atoms with Crippen molar-refractivity contribution in [3.63, 3.8) is 0 Å². The molecule has 0 atom stereocenters. The first-order valence-corrected chi connectivity index (χ1v) is 20.4. The maximum absolute atomic E-state index is 5.48. The molecular formula is C55H44N2. The minimum absolute atomic E-state index is 0.0719. The summed E-state index contributed by atoms with van der Waals surface area (Å²) >= 11 is 0. The highest BCUT2D eigenvalue weighted by molar-refractivity contribution is 5.96. The molecule has 7 aromatic carbocycles. The van der Waals surface area contributed by atoms with Crippen molar-refractivity contribution in [3.8, 4) is 67.3 Å². The van der Waals surface area contributed by atoms with E-state index in [1.165, 1.54) is 73.2 Å². The van der Waals surface area contributed by atoms with Crippen LogP contribution in [0.3, 0.4) is 0 Å². The van der Waals surface area contributed by atoms with Gasteiger partial charge >= 0.3 is 0 Å². The quantitative estimate of drug-likeness (QED) is 0.180. The van der Waals surface area contributed by atoms with Gasteiger partial charge in [-0.2, -0.15) is 0 Å². The van der Waals surface area contributed by atoms with Crippen molar-refractivity contribution in [2.24, 2.45) is 0 Å². The zero-order valence-corrected chi connectivity index (χ0v) is 33.0. The molecule has 0 bridgehead atoms.